The van der Waals surface area contributed by atoms with Gasteiger partial charge in [0.25, 0.3) is 10.0 Å². The minimum Gasteiger partial charge on any atom is -0.352 e. The number of halogens is 1. The van der Waals surface area contributed by atoms with Crippen molar-refractivity contribution in [2.75, 3.05) is 36.4 Å². The third-order valence-corrected chi connectivity index (χ3v) is 7.89. The molecule has 3 aromatic heterocycles. The molecule has 28 heavy (non-hydrogen) atoms. The molecule has 1 fully saturated rings. The maximum Gasteiger partial charge on any atom is 0.252 e. The fraction of sp³-hybridized carbons (Fsp3) is 0.235. The van der Waals surface area contributed by atoms with Crippen LogP contribution in [-0.2, 0) is 10.0 Å². The molecule has 0 amide bonds. The molecule has 3 aromatic rings. The largest absolute Gasteiger partial charge is 0.352 e. The number of rotatable bonds is 5. The van der Waals surface area contributed by atoms with Gasteiger partial charge in [0.2, 0.25) is 0 Å². The van der Waals surface area contributed by atoms with Crippen LogP contribution in [0.25, 0.3) is 0 Å². The first-order valence-electron chi connectivity index (χ1n) is 8.53. The van der Waals surface area contributed by atoms with Crippen LogP contribution in [0.3, 0.4) is 0 Å². The van der Waals surface area contributed by atoms with Gasteiger partial charge in [0.15, 0.2) is 11.6 Å². The Kier molecular flexibility index (Phi) is 5.44. The Morgan fingerprint density at radius 2 is 1.86 bits per heavy atom. The summed E-state index contributed by atoms with van der Waals surface area (Å²) in [5, 5.41) is 11.6. The van der Waals surface area contributed by atoms with E-state index in [1.54, 1.807) is 24.5 Å². The number of nitrogens with one attached hydrogen (secondary N) is 1. The lowest BCUT2D eigenvalue weighted by atomic mass is 10.3. The van der Waals surface area contributed by atoms with Crippen LogP contribution in [0.2, 0.25) is 4.34 Å². The SMILES string of the molecule is O=S(=O)(c1ccc(Cl)s1)N1CCN(c2ccc(Nc3cccnc3)nn2)CC1. The average molecular weight is 437 g/mol. The number of hydrogen-bond acceptors (Lipinski definition) is 8. The van der Waals surface area contributed by atoms with E-state index in [-0.39, 0.29) is 4.21 Å². The molecule has 0 radical (unpaired) electrons. The summed E-state index contributed by atoms with van der Waals surface area (Å²) in [6, 6.07) is 10.6. The zero-order valence-corrected chi connectivity index (χ0v) is 17.1. The molecule has 11 heteroatoms. The highest BCUT2D eigenvalue weighted by Crippen LogP contribution is 2.29. The molecule has 0 unspecified atom stereocenters. The summed E-state index contributed by atoms with van der Waals surface area (Å²) in [7, 11) is -3.50. The van der Waals surface area contributed by atoms with Crippen molar-refractivity contribution in [1.82, 2.24) is 19.5 Å². The van der Waals surface area contributed by atoms with Gasteiger partial charge in [0.1, 0.15) is 4.21 Å². The number of thiophene rings is 1. The van der Waals surface area contributed by atoms with Gasteiger partial charge in [-0.1, -0.05) is 11.6 Å². The summed E-state index contributed by atoms with van der Waals surface area (Å²) >= 11 is 6.95. The van der Waals surface area contributed by atoms with E-state index in [1.165, 1.54) is 4.31 Å². The van der Waals surface area contributed by atoms with Crippen molar-refractivity contribution in [1.29, 1.82) is 0 Å². The Labute approximate surface area is 171 Å². The first-order chi connectivity index (χ1) is 13.5. The zero-order chi connectivity index (χ0) is 19.6. The molecule has 8 nitrogen and oxygen atoms in total. The third-order valence-electron chi connectivity index (χ3n) is 4.29. The van der Waals surface area contributed by atoms with E-state index >= 15 is 0 Å². The van der Waals surface area contributed by atoms with Crippen LogP contribution in [0.15, 0.2) is 53.0 Å². The minimum absolute atomic E-state index is 0.275. The van der Waals surface area contributed by atoms with Crippen molar-refractivity contribution in [2.24, 2.45) is 0 Å². The summed E-state index contributed by atoms with van der Waals surface area (Å²) in [4.78, 5) is 6.06. The summed E-state index contributed by atoms with van der Waals surface area (Å²) < 4.78 is 27.6. The van der Waals surface area contributed by atoms with E-state index in [4.69, 9.17) is 11.6 Å². The normalized spacial score (nSPS) is 15.5. The molecule has 0 aromatic carbocycles. The molecule has 0 saturated carbocycles. The third kappa shape index (κ3) is 4.09. The minimum atomic E-state index is -3.50. The van der Waals surface area contributed by atoms with E-state index < -0.39 is 10.0 Å². The number of nitrogens with zero attached hydrogens (tertiary/aromatic N) is 5. The van der Waals surface area contributed by atoms with Crippen molar-refractivity contribution in [3.05, 3.63) is 53.1 Å². The van der Waals surface area contributed by atoms with Crippen LogP contribution in [0, 0.1) is 0 Å². The highest BCUT2D eigenvalue weighted by molar-refractivity contribution is 7.91. The molecular weight excluding hydrogens is 420 g/mol. The summed E-state index contributed by atoms with van der Waals surface area (Å²) in [6.45, 7) is 1.86. The molecule has 0 spiro atoms. The lowest BCUT2D eigenvalue weighted by Crippen LogP contribution is -2.48. The number of piperazine rings is 1. The van der Waals surface area contributed by atoms with Gasteiger partial charge in [-0.05, 0) is 36.4 Å². The quantitative estimate of drug-likeness (QED) is 0.657. The molecule has 1 saturated heterocycles. The Hall–Kier alpha value is -2.27. The monoisotopic (exact) mass is 436 g/mol. The summed E-state index contributed by atoms with van der Waals surface area (Å²) in [5.41, 5.74) is 0.831. The lowest BCUT2D eigenvalue weighted by Gasteiger charge is -2.34. The molecule has 1 aliphatic rings. The predicted octanol–water partition coefficient (Wildman–Crippen LogP) is 2.84. The topological polar surface area (TPSA) is 91.3 Å². The second kappa shape index (κ2) is 8.00. The Bertz CT molecular complexity index is 1040. The fourth-order valence-electron chi connectivity index (χ4n) is 2.87. The Morgan fingerprint density at radius 1 is 1.04 bits per heavy atom. The molecule has 1 aliphatic heterocycles. The molecule has 0 bridgehead atoms. The van der Waals surface area contributed by atoms with Crippen LogP contribution in [-0.4, -0.2) is 54.1 Å². The van der Waals surface area contributed by atoms with Crippen LogP contribution < -0.4 is 10.2 Å². The van der Waals surface area contributed by atoms with Gasteiger partial charge in [-0.2, -0.15) is 4.31 Å². The van der Waals surface area contributed by atoms with E-state index in [0.717, 1.165) is 17.0 Å². The van der Waals surface area contributed by atoms with Crippen LogP contribution in [0.5, 0.6) is 0 Å². The molecule has 146 valence electrons. The second-order valence-electron chi connectivity index (χ2n) is 6.09. The van der Waals surface area contributed by atoms with Gasteiger partial charge >= 0.3 is 0 Å². The van der Waals surface area contributed by atoms with Crippen molar-refractivity contribution < 1.29 is 8.42 Å². The van der Waals surface area contributed by atoms with E-state index in [2.05, 4.69) is 20.5 Å². The highest BCUT2D eigenvalue weighted by atomic mass is 35.5. The second-order valence-corrected chi connectivity index (χ2v) is 9.97. The highest BCUT2D eigenvalue weighted by Gasteiger charge is 2.30. The molecule has 1 N–H and O–H groups in total. The number of sulfonamides is 1. The molecule has 4 rings (SSSR count). The fourth-order valence-corrected chi connectivity index (χ4v) is 5.93. The molecule has 4 heterocycles. The molecular formula is C17H17ClN6O2S2. The maximum absolute atomic E-state index is 12.7. The number of pyridine rings is 1. The number of aromatic nitrogens is 3. The lowest BCUT2D eigenvalue weighted by molar-refractivity contribution is 0.384. The van der Waals surface area contributed by atoms with Crippen LogP contribution in [0.1, 0.15) is 0 Å². The number of anilines is 3. The van der Waals surface area contributed by atoms with E-state index in [1.807, 2.05) is 29.2 Å². The maximum atomic E-state index is 12.7. The standard InChI is InChI=1S/C17H17ClN6O2S2/c18-14-3-6-17(27-14)28(25,26)24-10-8-23(9-11-24)16-5-4-15(21-22-16)20-13-2-1-7-19-12-13/h1-7,12H,8-11H2,(H,20,21). The first-order valence-corrected chi connectivity index (χ1v) is 11.2. The van der Waals surface area contributed by atoms with Gasteiger partial charge in [-0.25, -0.2) is 8.42 Å². The number of hydrogen-bond donors (Lipinski definition) is 1. The van der Waals surface area contributed by atoms with Gasteiger partial charge in [0, 0.05) is 32.4 Å². The van der Waals surface area contributed by atoms with E-state index in [9.17, 15) is 8.42 Å². The Balaban J connectivity index is 1.38. The smallest absolute Gasteiger partial charge is 0.252 e. The summed E-state index contributed by atoms with van der Waals surface area (Å²) in [5.74, 6) is 1.33. The zero-order valence-electron chi connectivity index (χ0n) is 14.7. The van der Waals surface area contributed by atoms with Crippen molar-refractivity contribution >= 4 is 50.3 Å². The van der Waals surface area contributed by atoms with Gasteiger partial charge in [-0.15, -0.1) is 21.5 Å². The van der Waals surface area contributed by atoms with Gasteiger partial charge in [-0.3, -0.25) is 4.98 Å². The Morgan fingerprint density at radius 3 is 2.46 bits per heavy atom. The van der Waals surface area contributed by atoms with Crippen molar-refractivity contribution in [2.45, 2.75) is 4.21 Å². The molecule has 0 atom stereocenters. The van der Waals surface area contributed by atoms with Crippen LogP contribution in [0.4, 0.5) is 17.3 Å². The summed E-state index contributed by atoms with van der Waals surface area (Å²) in [6.07, 6.45) is 3.41. The van der Waals surface area contributed by atoms with Gasteiger partial charge in [0.05, 0.1) is 16.2 Å². The predicted molar refractivity (Wildman–Crippen MR) is 110 cm³/mol. The molecule has 0 aliphatic carbocycles. The van der Waals surface area contributed by atoms with Gasteiger partial charge < -0.3 is 10.2 Å². The van der Waals surface area contributed by atoms with Crippen molar-refractivity contribution in [3.8, 4) is 0 Å². The average Bonchev–Trinajstić information content (AvgIpc) is 3.17. The van der Waals surface area contributed by atoms with Crippen molar-refractivity contribution in [3.63, 3.8) is 0 Å². The van der Waals surface area contributed by atoms with E-state index in [0.29, 0.717) is 42.2 Å². The first kappa shape index (κ1) is 19.1. The van der Waals surface area contributed by atoms with Crippen LogP contribution >= 0.6 is 22.9 Å².